The molecule has 0 fully saturated rings. The molecule has 1 amide bonds. The molecule has 0 unspecified atom stereocenters. The van der Waals surface area contributed by atoms with Gasteiger partial charge in [-0.1, -0.05) is 11.6 Å². The third-order valence-corrected chi connectivity index (χ3v) is 3.11. The largest absolute Gasteiger partial charge is 0.481 e. The van der Waals surface area contributed by atoms with Crippen molar-refractivity contribution in [3.63, 3.8) is 0 Å². The molecule has 5 nitrogen and oxygen atoms in total. The molecule has 1 rings (SSSR count). The summed E-state index contributed by atoms with van der Waals surface area (Å²) in [6.45, 7) is 0.430. The average molecular weight is 277 g/mol. The molecule has 0 aromatic carbocycles. The lowest BCUT2D eigenvalue weighted by atomic mass is 10.4. The minimum Gasteiger partial charge on any atom is -0.481 e. The van der Waals surface area contributed by atoms with Crippen LogP contribution in [0.1, 0.15) is 10.5 Å². The van der Waals surface area contributed by atoms with E-state index in [1.54, 1.807) is 23.9 Å². The molecule has 0 spiro atoms. The van der Waals surface area contributed by atoms with E-state index >= 15 is 0 Å². The lowest BCUT2D eigenvalue weighted by Gasteiger charge is -2.05. The van der Waals surface area contributed by atoms with Crippen LogP contribution in [0, 0.1) is 0 Å². The number of carbonyl (C=O) groups excluding carboxylic acids is 1. The van der Waals surface area contributed by atoms with E-state index in [2.05, 4.69) is 5.32 Å². The highest BCUT2D eigenvalue weighted by Gasteiger charge is 2.10. The van der Waals surface area contributed by atoms with Gasteiger partial charge in [0, 0.05) is 25.5 Å². The Labute approximate surface area is 108 Å². The Bertz CT molecular complexity index is 420. The third kappa shape index (κ3) is 4.70. The van der Waals surface area contributed by atoms with Crippen LogP contribution in [0.3, 0.4) is 0 Å². The van der Waals surface area contributed by atoms with Gasteiger partial charge in [0.15, 0.2) is 0 Å². The second-order valence-electron chi connectivity index (χ2n) is 3.36. The molecular formula is C10H13ClN2O3S. The van der Waals surface area contributed by atoms with E-state index in [0.29, 0.717) is 23.0 Å². The zero-order chi connectivity index (χ0) is 12.8. The summed E-state index contributed by atoms with van der Waals surface area (Å²) in [5.41, 5.74) is 0.484. The number of nitrogens with one attached hydrogen (secondary N) is 1. The summed E-state index contributed by atoms with van der Waals surface area (Å²) in [5.74, 6) is -0.451. The van der Waals surface area contributed by atoms with Gasteiger partial charge in [-0.2, -0.15) is 0 Å². The molecule has 7 heteroatoms. The van der Waals surface area contributed by atoms with Crippen molar-refractivity contribution in [1.82, 2.24) is 9.88 Å². The smallest absolute Gasteiger partial charge is 0.313 e. The molecule has 0 aliphatic carbocycles. The van der Waals surface area contributed by atoms with Crippen LogP contribution >= 0.6 is 23.4 Å². The summed E-state index contributed by atoms with van der Waals surface area (Å²) < 4.78 is 1.64. The number of hydrogen-bond acceptors (Lipinski definition) is 3. The lowest BCUT2D eigenvalue weighted by molar-refractivity contribution is -0.133. The first-order valence-electron chi connectivity index (χ1n) is 4.90. The number of hydrogen-bond donors (Lipinski definition) is 2. The van der Waals surface area contributed by atoms with Crippen LogP contribution < -0.4 is 5.32 Å². The monoisotopic (exact) mass is 276 g/mol. The summed E-state index contributed by atoms with van der Waals surface area (Å²) in [4.78, 5) is 21.9. The predicted molar refractivity (Wildman–Crippen MR) is 67.7 cm³/mol. The van der Waals surface area contributed by atoms with Gasteiger partial charge in [-0.25, -0.2) is 0 Å². The number of carboxylic acids is 1. The standard InChI is InChI=1S/C10H13ClN2O3S/c1-13-5-7(11)4-8(13)10(16)12-2-3-17-6-9(14)15/h4-5H,2-3,6H2,1H3,(H,12,16)(H,14,15). The molecule has 0 aliphatic heterocycles. The minimum atomic E-state index is -0.851. The topological polar surface area (TPSA) is 71.3 Å². The van der Waals surface area contributed by atoms with Gasteiger partial charge in [-0.3, -0.25) is 9.59 Å². The van der Waals surface area contributed by atoms with Crippen LogP contribution in [-0.2, 0) is 11.8 Å². The van der Waals surface area contributed by atoms with Crippen molar-refractivity contribution in [1.29, 1.82) is 0 Å². The number of rotatable bonds is 6. The Kier molecular flexibility index (Phi) is 5.37. The molecule has 1 aromatic rings. The van der Waals surface area contributed by atoms with Crippen molar-refractivity contribution in [3.05, 3.63) is 23.0 Å². The van der Waals surface area contributed by atoms with Gasteiger partial charge in [-0.15, -0.1) is 11.8 Å². The molecule has 0 saturated heterocycles. The molecule has 0 radical (unpaired) electrons. The van der Waals surface area contributed by atoms with Gasteiger partial charge in [0.25, 0.3) is 5.91 Å². The van der Waals surface area contributed by atoms with Crippen molar-refractivity contribution in [2.24, 2.45) is 7.05 Å². The summed E-state index contributed by atoms with van der Waals surface area (Å²) in [6, 6.07) is 1.58. The van der Waals surface area contributed by atoms with Gasteiger partial charge in [0.2, 0.25) is 0 Å². The second-order valence-corrected chi connectivity index (χ2v) is 4.90. The zero-order valence-electron chi connectivity index (χ0n) is 9.27. The molecule has 17 heavy (non-hydrogen) atoms. The summed E-state index contributed by atoms with van der Waals surface area (Å²) in [6.07, 6.45) is 1.65. The first kappa shape index (κ1) is 13.9. The van der Waals surface area contributed by atoms with E-state index in [4.69, 9.17) is 16.7 Å². The Hall–Kier alpha value is -1.14. The fourth-order valence-corrected chi connectivity index (χ4v) is 2.05. The van der Waals surface area contributed by atoms with E-state index in [9.17, 15) is 9.59 Å². The Morgan fingerprint density at radius 2 is 2.29 bits per heavy atom. The summed E-state index contributed by atoms with van der Waals surface area (Å²) >= 11 is 7.02. The first-order valence-corrected chi connectivity index (χ1v) is 6.43. The number of thioether (sulfide) groups is 1. The van der Waals surface area contributed by atoms with Gasteiger partial charge in [0.1, 0.15) is 5.69 Å². The highest BCUT2D eigenvalue weighted by Crippen LogP contribution is 2.12. The zero-order valence-corrected chi connectivity index (χ0v) is 10.8. The number of aryl methyl sites for hydroxylation is 1. The third-order valence-electron chi connectivity index (χ3n) is 1.96. The van der Waals surface area contributed by atoms with Crippen LogP contribution in [0.25, 0.3) is 0 Å². The second kappa shape index (κ2) is 6.56. The number of halogens is 1. The molecule has 1 aromatic heterocycles. The maximum absolute atomic E-state index is 11.7. The minimum absolute atomic E-state index is 0.0475. The first-order chi connectivity index (χ1) is 8.00. The molecule has 0 atom stereocenters. The van der Waals surface area contributed by atoms with Crippen molar-refractivity contribution < 1.29 is 14.7 Å². The molecule has 1 heterocycles. The van der Waals surface area contributed by atoms with Crippen LogP contribution in [-0.4, -0.2) is 39.6 Å². The van der Waals surface area contributed by atoms with Crippen molar-refractivity contribution in [3.8, 4) is 0 Å². The van der Waals surface area contributed by atoms with Gasteiger partial charge >= 0.3 is 5.97 Å². The molecule has 2 N–H and O–H groups in total. The molecule has 94 valence electrons. The van der Waals surface area contributed by atoms with Crippen LogP contribution in [0.15, 0.2) is 12.3 Å². The SMILES string of the molecule is Cn1cc(Cl)cc1C(=O)NCCSCC(=O)O. The average Bonchev–Trinajstić information content (AvgIpc) is 2.56. The van der Waals surface area contributed by atoms with E-state index in [1.165, 1.54) is 11.8 Å². The number of aromatic nitrogens is 1. The van der Waals surface area contributed by atoms with E-state index < -0.39 is 5.97 Å². The highest BCUT2D eigenvalue weighted by molar-refractivity contribution is 7.99. The molecule has 0 bridgehead atoms. The van der Waals surface area contributed by atoms with Gasteiger partial charge < -0.3 is 15.0 Å². The van der Waals surface area contributed by atoms with Crippen molar-refractivity contribution >= 4 is 35.2 Å². The highest BCUT2D eigenvalue weighted by atomic mass is 35.5. The number of carboxylic acid groups (broad SMARTS) is 1. The van der Waals surface area contributed by atoms with E-state index in [1.807, 2.05) is 0 Å². The molecule has 0 aliphatic rings. The Morgan fingerprint density at radius 3 is 2.82 bits per heavy atom. The number of carbonyl (C=O) groups is 2. The van der Waals surface area contributed by atoms with Crippen molar-refractivity contribution in [2.45, 2.75) is 0 Å². The fourth-order valence-electron chi connectivity index (χ4n) is 1.24. The Morgan fingerprint density at radius 1 is 1.59 bits per heavy atom. The normalized spacial score (nSPS) is 10.2. The van der Waals surface area contributed by atoms with Crippen LogP contribution in [0.2, 0.25) is 5.02 Å². The number of amides is 1. The van der Waals surface area contributed by atoms with E-state index in [0.717, 1.165) is 0 Å². The van der Waals surface area contributed by atoms with Crippen molar-refractivity contribution in [2.75, 3.05) is 18.1 Å². The maximum atomic E-state index is 11.7. The van der Waals surface area contributed by atoms with Crippen LogP contribution in [0.4, 0.5) is 0 Å². The fraction of sp³-hybridized carbons (Fsp3) is 0.400. The maximum Gasteiger partial charge on any atom is 0.313 e. The van der Waals surface area contributed by atoms with Crippen LogP contribution in [0.5, 0.6) is 0 Å². The molecule has 0 saturated carbocycles. The lowest BCUT2D eigenvalue weighted by Crippen LogP contribution is -2.27. The van der Waals surface area contributed by atoms with Gasteiger partial charge in [0.05, 0.1) is 10.8 Å². The Balaban J connectivity index is 2.30. The summed E-state index contributed by atoms with van der Waals surface area (Å²) in [5, 5.41) is 11.6. The number of nitrogens with zero attached hydrogens (tertiary/aromatic N) is 1. The molecular weight excluding hydrogens is 264 g/mol. The summed E-state index contributed by atoms with van der Waals surface area (Å²) in [7, 11) is 1.74. The van der Waals surface area contributed by atoms with Gasteiger partial charge in [-0.05, 0) is 6.07 Å². The number of aliphatic carboxylic acids is 1. The predicted octanol–water partition coefficient (Wildman–Crippen LogP) is 1.23. The quantitative estimate of drug-likeness (QED) is 0.767. The van der Waals surface area contributed by atoms with E-state index in [-0.39, 0.29) is 11.7 Å².